The molecule has 15 atom stereocenters. The molecule has 0 spiro atoms. The van der Waals surface area contributed by atoms with Crippen molar-refractivity contribution in [1.82, 2.24) is 24.8 Å². The molecule has 62 heavy (non-hydrogen) atoms. The van der Waals surface area contributed by atoms with Crippen molar-refractivity contribution >= 4 is 29.3 Å². The highest BCUT2D eigenvalue weighted by Crippen LogP contribution is 2.47. The number of alkyl halides is 1. The normalized spacial score (nSPS) is 39.4. The standard InChI is InChI=1S/C44H65FN6O10.CH4/c1-12-33-44(8)36(51(41(56)61-44)21-29-17-28(29)20-50-22-31(47-48-50)27-14-13-15-30(46)18-27)25(4)34(52)23(2)19-42(6,57-11)38(26(5)37(54)43(7,45)40(55)59-33)60-39-35(53)32(49(9)10)16-24(3)58-39;/h13-15,18,22-26,28-29,32-33,35-36,38-39,53H,12,16-17,19-21,46H2,1-11H3;1H4/t23-,24?,25+,26+,28?,29?,32?,33-,35?,36-,38-,39+,42-,43+,44-;/m1./s1. The largest absolute Gasteiger partial charge is 0.455 e. The number of esters is 1. The molecule has 0 radical (unpaired) electrons. The van der Waals surface area contributed by atoms with Crippen LogP contribution in [0, 0.1) is 29.6 Å². The number of ether oxygens (including phenoxy) is 5. The van der Waals surface area contributed by atoms with Gasteiger partial charge in [-0.25, -0.2) is 14.0 Å². The topological polar surface area (TPSA) is 198 Å². The molecule has 16 nitrogen and oxygen atoms in total. The number of anilines is 1. The van der Waals surface area contributed by atoms with Crippen LogP contribution in [0.1, 0.15) is 88.5 Å². The number of rotatable bonds is 10. The zero-order valence-corrected chi connectivity index (χ0v) is 37.4. The first-order valence-electron chi connectivity index (χ1n) is 21.5. The molecule has 17 heteroatoms. The fourth-order valence-electron chi connectivity index (χ4n) is 10.1. The average molecular weight is 873 g/mol. The number of carbonyl (C=O) groups is 4. The molecule has 3 N–H and O–H groups in total. The van der Waals surface area contributed by atoms with Gasteiger partial charge in [-0.15, -0.1) is 5.10 Å². The molecule has 2 aromatic rings. The van der Waals surface area contributed by atoms with Crippen molar-refractivity contribution < 1.29 is 52.4 Å². The summed E-state index contributed by atoms with van der Waals surface area (Å²) in [6.45, 7) is 13.3. The number of halogens is 1. The Morgan fingerprint density at radius 3 is 2.34 bits per heavy atom. The number of carbonyl (C=O) groups excluding carboxylic acids is 4. The summed E-state index contributed by atoms with van der Waals surface area (Å²) < 4.78 is 49.4. The molecule has 346 valence electrons. The average Bonchev–Trinajstić information content (AvgIpc) is 3.65. The highest BCUT2D eigenvalue weighted by molar-refractivity contribution is 6.08. The first kappa shape index (κ1) is 49.0. The number of nitrogen functional groups attached to an aromatic ring is 1. The smallest absolute Gasteiger partial charge is 0.410 e. The lowest BCUT2D eigenvalue weighted by Gasteiger charge is -2.47. The minimum Gasteiger partial charge on any atom is -0.455 e. The Morgan fingerprint density at radius 1 is 1.03 bits per heavy atom. The monoisotopic (exact) mass is 873 g/mol. The third-order valence-corrected chi connectivity index (χ3v) is 13.8. The number of hydrogen-bond donors (Lipinski definition) is 2. The Labute approximate surface area is 365 Å². The van der Waals surface area contributed by atoms with Crippen LogP contribution in [0.5, 0.6) is 0 Å². The summed E-state index contributed by atoms with van der Waals surface area (Å²) in [7, 11) is 5.05. The molecule has 6 rings (SSSR count). The number of benzene rings is 1. The van der Waals surface area contributed by atoms with E-state index in [1.54, 1.807) is 50.3 Å². The Hall–Kier alpha value is -4.03. The van der Waals surface area contributed by atoms with E-state index in [2.05, 4.69) is 10.3 Å². The van der Waals surface area contributed by atoms with Crippen LogP contribution in [0.4, 0.5) is 14.9 Å². The molecule has 1 aliphatic carbocycles. The molecule has 1 amide bonds. The van der Waals surface area contributed by atoms with Gasteiger partial charge in [0, 0.05) is 55.2 Å². The summed E-state index contributed by atoms with van der Waals surface area (Å²) in [5.74, 6) is -5.65. The minimum absolute atomic E-state index is 0. The quantitative estimate of drug-likeness (QED) is 0.182. The van der Waals surface area contributed by atoms with Gasteiger partial charge < -0.3 is 44.3 Å². The predicted octanol–water partition coefficient (Wildman–Crippen LogP) is 5.10. The third kappa shape index (κ3) is 9.42. The second-order valence-electron chi connectivity index (χ2n) is 18.8. The number of methoxy groups -OCH3 is 1. The highest BCUT2D eigenvalue weighted by Gasteiger charge is 2.62. The lowest BCUT2D eigenvalue weighted by Crippen LogP contribution is -2.61. The molecule has 1 saturated carbocycles. The van der Waals surface area contributed by atoms with Crippen molar-refractivity contribution in [2.75, 3.05) is 33.5 Å². The van der Waals surface area contributed by atoms with E-state index >= 15 is 4.39 Å². The Morgan fingerprint density at radius 2 is 1.71 bits per heavy atom. The summed E-state index contributed by atoms with van der Waals surface area (Å²) in [5, 5.41) is 20.1. The number of nitrogens with two attached hydrogens (primary N) is 1. The fraction of sp³-hybridized carbons (Fsp3) is 0.733. The minimum atomic E-state index is -3.19. The first-order valence-corrected chi connectivity index (χ1v) is 21.5. The predicted molar refractivity (Wildman–Crippen MR) is 228 cm³/mol. The van der Waals surface area contributed by atoms with Crippen LogP contribution in [-0.4, -0.2) is 141 Å². The Kier molecular flexibility index (Phi) is 14.7. The molecular weight excluding hydrogens is 804 g/mol. The van der Waals surface area contributed by atoms with Gasteiger partial charge in [-0.2, -0.15) is 0 Å². The number of nitrogens with zero attached hydrogens (tertiary/aromatic N) is 5. The molecule has 4 heterocycles. The lowest BCUT2D eigenvalue weighted by atomic mass is 9.73. The number of aliphatic hydroxyl groups excluding tert-OH is 1. The number of likely N-dealkylation sites (N-methyl/N-ethyl adjacent to an activating group) is 1. The van der Waals surface area contributed by atoms with Gasteiger partial charge in [-0.1, -0.05) is 52.5 Å². The van der Waals surface area contributed by atoms with Crippen LogP contribution in [0.15, 0.2) is 30.5 Å². The second kappa shape index (κ2) is 18.6. The molecule has 1 aromatic carbocycles. The number of ketones is 2. The van der Waals surface area contributed by atoms with Gasteiger partial charge >= 0.3 is 12.1 Å². The van der Waals surface area contributed by atoms with Gasteiger partial charge in [0.25, 0.3) is 5.67 Å². The van der Waals surface area contributed by atoms with E-state index in [-0.39, 0.29) is 56.6 Å². The molecule has 5 unspecified atom stereocenters. The number of Topliss-reactive ketones (excluding diaryl/α,β-unsaturated/α-hetero) is 2. The Balaban J connectivity index is 0.00000726. The van der Waals surface area contributed by atoms with Crippen molar-refractivity contribution in [3.8, 4) is 11.3 Å². The Bertz CT molecular complexity index is 1950. The van der Waals surface area contributed by atoms with Gasteiger partial charge in [0.05, 0.1) is 30.0 Å². The van der Waals surface area contributed by atoms with Crippen LogP contribution < -0.4 is 5.73 Å². The molecule has 1 aromatic heterocycles. The summed E-state index contributed by atoms with van der Waals surface area (Å²) >= 11 is 0. The fourth-order valence-corrected chi connectivity index (χ4v) is 10.1. The maximum absolute atomic E-state index is 17.0. The molecular formula is C45H69FN6O10. The van der Waals surface area contributed by atoms with Crippen LogP contribution in [0.2, 0.25) is 0 Å². The number of aliphatic hydroxyl groups is 1. The van der Waals surface area contributed by atoms with Crippen LogP contribution >= 0.6 is 0 Å². The number of amides is 1. The summed E-state index contributed by atoms with van der Waals surface area (Å²) in [6, 6.07) is 6.08. The number of fused-ring (bicyclic) bond motifs is 1. The number of aromatic nitrogens is 3. The zero-order valence-electron chi connectivity index (χ0n) is 37.4. The highest BCUT2D eigenvalue weighted by atomic mass is 19.1. The van der Waals surface area contributed by atoms with Gasteiger partial charge in [0.1, 0.15) is 23.7 Å². The van der Waals surface area contributed by atoms with Gasteiger partial charge in [0.15, 0.2) is 17.7 Å². The van der Waals surface area contributed by atoms with Crippen molar-refractivity contribution in [2.45, 2.75) is 155 Å². The number of hydrogen-bond acceptors (Lipinski definition) is 14. The van der Waals surface area contributed by atoms with E-state index < -0.39 is 83.1 Å². The van der Waals surface area contributed by atoms with E-state index in [9.17, 15) is 24.3 Å². The van der Waals surface area contributed by atoms with E-state index in [0.717, 1.165) is 18.9 Å². The molecule has 3 aliphatic heterocycles. The van der Waals surface area contributed by atoms with E-state index in [1.807, 2.05) is 50.3 Å². The maximum Gasteiger partial charge on any atom is 0.410 e. The maximum atomic E-state index is 17.0. The SMILES string of the molecule is C.CC[C@H]1OC(=O)[C@@](C)(F)C(=O)[C@H](C)[C@@H](O[C@@H]2OC(C)CC(N(C)C)C2O)[C@](C)(OC)C[C@@H](C)C(=O)[C@H](C)[C@H]2N(CC3CC3Cn3cc(-c4cccc(N)c4)nn3)C(=O)O[C@]12C. The first-order chi connectivity index (χ1) is 28.6. The summed E-state index contributed by atoms with van der Waals surface area (Å²) in [5.41, 5.74) is 1.87. The van der Waals surface area contributed by atoms with Crippen molar-refractivity contribution in [3.63, 3.8) is 0 Å². The van der Waals surface area contributed by atoms with Gasteiger partial charge in [-0.05, 0) is 91.4 Å². The van der Waals surface area contributed by atoms with Gasteiger partial charge in [-0.3, -0.25) is 14.3 Å². The van der Waals surface area contributed by atoms with Crippen molar-refractivity contribution in [2.24, 2.45) is 29.6 Å². The summed E-state index contributed by atoms with van der Waals surface area (Å²) in [6.07, 6.45) is -2.79. The molecule has 3 saturated heterocycles. The molecule has 4 aliphatic rings. The van der Waals surface area contributed by atoms with E-state index in [4.69, 9.17) is 29.4 Å². The zero-order chi connectivity index (χ0) is 44.9. The van der Waals surface area contributed by atoms with E-state index in [1.165, 1.54) is 14.0 Å². The van der Waals surface area contributed by atoms with E-state index in [0.29, 0.717) is 24.3 Å². The summed E-state index contributed by atoms with van der Waals surface area (Å²) in [4.78, 5) is 60.5. The van der Waals surface area contributed by atoms with Gasteiger partial charge in [0.2, 0.25) is 0 Å². The van der Waals surface area contributed by atoms with Crippen molar-refractivity contribution in [3.05, 3.63) is 30.5 Å². The second-order valence-corrected chi connectivity index (χ2v) is 18.8. The van der Waals surface area contributed by atoms with Crippen molar-refractivity contribution in [1.29, 1.82) is 0 Å². The molecule has 4 fully saturated rings. The number of cyclic esters (lactones) is 1. The van der Waals surface area contributed by atoms with Crippen LogP contribution in [0.25, 0.3) is 11.3 Å². The third-order valence-electron chi connectivity index (χ3n) is 13.8. The molecule has 0 bridgehead atoms. The lowest BCUT2D eigenvalue weighted by molar-refractivity contribution is -0.295. The van der Waals surface area contributed by atoms with Crippen LogP contribution in [-0.2, 0) is 44.6 Å². The van der Waals surface area contributed by atoms with Crippen LogP contribution in [0.3, 0.4) is 0 Å².